The van der Waals surface area contributed by atoms with Crippen LogP contribution in [-0.2, 0) is 15.6 Å². The SMILES string of the molecule is CS(=O)CC(=O)NCC1CCCN1. The Morgan fingerprint density at radius 3 is 3.00 bits per heavy atom. The molecule has 0 bridgehead atoms. The second-order valence-corrected chi connectivity index (χ2v) is 4.75. The summed E-state index contributed by atoms with van der Waals surface area (Å²) in [6.07, 6.45) is 3.84. The molecule has 1 amide bonds. The minimum Gasteiger partial charge on any atom is -0.354 e. The third kappa shape index (κ3) is 4.38. The fraction of sp³-hybridized carbons (Fsp3) is 0.875. The van der Waals surface area contributed by atoms with Gasteiger partial charge in [0.25, 0.3) is 0 Å². The summed E-state index contributed by atoms with van der Waals surface area (Å²) < 4.78 is 10.7. The molecule has 0 saturated carbocycles. The Kier molecular flexibility index (Phi) is 4.38. The Balaban J connectivity index is 2.10. The smallest absolute Gasteiger partial charge is 0.232 e. The standard InChI is InChI=1S/C8H16N2O2S/c1-13(12)6-8(11)10-5-7-3-2-4-9-7/h7,9H,2-6H2,1H3,(H,10,11). The largest absolute Gasteiger partial charge is 0.354 e. The second-order valence-electron chi connectivity index (χ2n) is 3.31. The summed E-state index contributed by atoms with van der Waals surface area (Å²) in [5.41, 5.74) is 0. The first-order chi connectivity index (χ1) is 6.18. The summed E-state index contributed by atoms with van der Waals surface area (Å²) in [4.78, 5) is 11.1. The normalized spacial score (nSPS) is 24.2. The lowest BCUT2D eigenvalue weighted by Gasteiger charge is -2.10. The van der Waals surface area contributed by atoms with E-state index in [-0.39, 0.29) is 11.7 Å². The monoisotopic (exact) mass is 204 g/mol. The quantitative estimate of drug-likeness (QED) is 0.632. The zero-order valence-electron chi connectivity index (χ0n) is 7.84. The average molecular weight is 204 g/mol. The van der Waals surface area contributed by atoms with E-state index < -0.39 is 10.8 Å². The van der Waals surface area contributed by atoms with Crippen LogP contribution in [0.15, 0.2) is 0 Å². The lowest BCUT2D eigenvalue weighted by atomic mass is 10.2. The van der Waals surface area contributed by atoms with Crippen molar-refractivity contribution in [1.82, 2.24) is 10.6 Å². The van der Waals surface area contributed by atoms with Crippen LogP contribution < -0.4 is 10.6 Å². The van der Waals surface area contributed by atoms with Crippen LogP contribution >= 0.6 is 0 Å². The highest BCUT2D eigenvalue weighted by Crippen LogP contribution is 2.02. The molecule has 76 valence electrons. The first kappa shape index (κ1) is 10.7. The van der Waals surface area contributed by atoms with Crippen molar-refractivity contribution >= 4 is 16.7 Å². The molecule has 0 aromatic carbocycles. The van der Waals surface area contributed by atoms with Crippen molar-refractivity contribution in [2.75, 3.05) is 25.1 Å². The van der Waals surface area contributed by atoms with Gasteiger partial charge in [0, 0.05) is 29.6 Å². The van der Waals surface area contributed by atoms with E-state index >= 15 is 0 Å². The molecule has 0 spiro atoms. The van der Waals surface area contributed by atoms with Crippen LogP contribution in [0, 0.1) is 0 Å². The molecule has 4 nitrogen and oxygen atoms in total. The van der Waals surface area contributed by atoms with Gasteiger partial charge in [0.15, 0.2) is 0 Å². The fourth-order valence-electron chi connectivity index (χ4n) is 1.40. The molecule has 1 heterocycles. The van der Waals surface area contributed by atoms with E-state index in [1.807, 2.05) is 0 Å². The Morgan fingerprint density at radius 1 is 1.69 bits per heavy atom. The first-order valence-corrected chi connectivity index (χ1v) is 6.21. The van der Waals surface area contributed by atoms with Crippen LogP contribution in [0.4, 0.5) is 0 Å². The van der Waals surface area contributed by atoms with E-state index in [0.717, 1.165) is 13.0 Å². The van der Waals surface area contributed by atoms with Gasteiger partial charge in [0.2, 0.25) is 5.91 Å². The number of carbonyl (C=O) groups is 1. The number of carbonyl (C=O) groups excluding carboxylic acids is 1. The van der Waals surface area contributed by atoms with Gasteiger partial charge >= 0.3 is 0 Å². The van der Waals surface area contributed by atoms with E-state index in [9.17, 15) is 9.00 Å². The fourth-order valence-corrected chi connectivity index (χ4v) is 1.87. The van der Waals surface area contributed by atoms with Gasteiger partial charge in [-0.1, -0.05) is 0 Å². The molecule has 13 heavy (non-hydrogen) atoms. The summed E-state index contributed by atoms with van der Waals surface area (Å²) in [6.45, 7) is 1.70. The molecular weight excluding hydrogens is 188 g/mol. The van der Waals surface area contributed by atoms with E-state index in [4.69, 9.17) is 0 Å². The molecule has 0 aromatic rings. The topological polar surface area (TPSA) is 58.2 Å². The summed E-state index contributed by atoms with van der Waals surface area (Å²) in [5, 5.41) is 6.04. The summed E-state index contributed by atoms with van der Waals surface area (Å²) in [6, 6.07) is 0.411. The summed E-state index contributed by atoms with van der Waals surface area (Å²) >= 11 is 0. The predicted molar refractivity (Wildman–Crippen MR) is 53.0 cm³/mol. The van der Waals surface area contributed by atoms with Crippen LogP contribution in [-0.4, -0.2) is 41.3 Å². The number of amides is 1. The van der Waals surface area contributed by atoms with E-state index in [1.54, 1.807) is 0 Å². The molecule has 2 N–H and O–H groups in total. The minimum absolute atomic E-state index is 0.116. The van der Waals surface area contributed by atoms with E-state index in [2.05, 4.69) is 10.6 Å². The maximum Gasteiger partial charge on any atom is 0.232 e. The highest BCUT2D eigenvalue weighted by Gasteiger charge is 2.14. The Labute approximate surface area is 80.9 Å². The second kappa shape index (κ2) is 5.34. The molecule has 1 rings (SSSR count). The number of rotatable bonds is 4. The molecule has 0 radical (unpaired) electrons. The van der Waals surface area contributed by atoms with Crippen molar-refractivity contribution in [3.05, 3.63) is 0 Å². The average Bonchev–Trinajstić information content (AvgIpc) is 2.51. The molecule has 2 unspecified atom stereocenters. The molecular formula is C8H16N2O2S. The lowest BCUT2D eigenvalue weighted by Crippen LogP contribution is -2.38. The number of hydrogen-bond acceptors (Lipinski definition) is 3. The zero-order valence-corrected chi connectivity index (χ0v) is 8.65. The molecule has 1 aliphatic heterocycles. The summed E-state index contributed by atoms with van der Waals surface area (Å²) in [5.74, 6) is 0.00160. The van der Waals surface area contributed by atoms with Crippen molar-refractivity contribution in [1.29, 1.82) is 0 Å². The van der Waals surface area contributed by atoms with Crippen molar-refractivity contribution in [2.45, 2.75) is 18.9 Å². The molecule has 0 aromatic heterocycles. The zero-order chi connectivity index (χ0) is 9.68. The van der Waals surface area contributed by atoms with E-state index in [0.29, 0.717) is 12.6 Å². The van der Waals surface area contributed by atoms with Gasteiger partial charge in [-0.05, 0) is 19.4 Å². The van der Waals surface area contributed by atoms with Gasteiger partial charge < -0.3 is 10.6 Å². The van der Waals surface area contributed by atoms with Crippen molar-refractivity contribution < 1.29 is 9.00 Å². The van der Waals surface area contributed by atoms with Crippen molar-refractivity contribution in [2.24, 2.45) is 0 Å². The van der Waals surface area contributed by atoms with E-state index in [1.165, 1.54) is 12.7 Å². The molecule has 1 fully saturated rings. The third-order valence-corrected chi connectivity index (χ3v) is 2.71. The molecule has 1 saturated heterocycles. The van der Waals surface area contributed by atoms with Crippen LogP contribution in [0.5, 0.6) is 0 Å². The maximum atomic E-state index is 11.1. The van der Waals surface area contributed by atoms with Gasteiger partial charge in [0.1, 0.15) is 5.75 Å². The van der Waals surface area contributed by atoms with Gasteiger partial charge in [0.05, 0.1) is 0 Å². The molecule has 2 atom stereocenters. The van der Waals surface area contributed by atoms with Crippen molar-refractivity contribution in [3.8, 4) is 0 Å². The molecule has 1 aliphatic rings. The Bertz CT molecular complexity index is 202. The van der Waals surface area contributed by atoms with Crippen LogP contribution in [0.1, 0.15) is 12.8 Å². The minimum atomic E-state index is -1.03. The van der Waals surface area contributed by atoms with Gasteiger partial charge in [-0.3, -0.25) is 9.00 Å². The molecule has 0 aliphatic carbocycles. The van der Waals surface area contributed by atoms with Crippen LogP contribution in [0.2, 0.25) is 0 Å². The maximum absolute atomic E-state index is 11.1. The summed E-state index contributed by atoms with van der Waals surface area (Å²) in [7, 11) is -1.03. The Hall–Kier alpha value is -0.420. The van der Waals surface area contributed by atoms with Crippen LogP contribution in [0.3, 0.4) is 0 Å². The highest BCUT2D eigenvalue weighted by atomic mass is 32.2. The van der Waals surface area contributed by atoms with Crippen molar-refractivity contribution in [3.63, 3.8) is 0 Å². The van der Waals surface area contributed by atoms with Gasteiger partial charge in [-0.15, -0.1) is 0 Å². The number of hydrogen-bond donors (Lipinski definition) is 2. The predicted octanol–water partition coefficient (Wildman–Crippen LogP) is -0.767. The molecule has 5 heteroatoms. The van der Waals surface area contributed by atoms with Gasteiger partial charge in [-0.2, -0.15) is 0 Å². The lowest BCUT2D eigenvalue weighted by molar-refractivity contribution is -0.118. The number of nitrogens with one attached hydrogen (secondary N) is 2. The highest BCUT2D eigenvalue weighted by molar-refractivity contribution is 7.85. The van der Waals surface area contributed by atoms with Crippen LogP contribution in [0.25, 0.3) is 0 Å². The first-order valence-electron chi connectivity index (χ1n) is 4.48. The van der Waals surface area contributed by atoms with Gasteiger partial charge in [-0.25, -0.2) is 0 Å². The third-order valence-electron chi connectivity index (χ3n) is 2.04. The Morgan fingerprint density at radius 2 is 2.46 bits per heavy atom.